The molecule has 0 aromatic heterocycles. The molecule has 80 valence electrons. The van der Waals surface area contributed by atoms with Crippen LogP contribution < -0.4 is 0 Å². The zero-order valence-electron chi connectivity index (χ0n) is 8.38. The highest BCUT2D eigenvalue weighted by atomic mass is 32.2. The van der Waals surface area contributed by atoms with Crippen molar-refractivity contribution >= 4 is 9.84 Å². The number of benzene rings is 1. The van der Waals surface area contributed by atoms with Gasteiger partial charge < -0.3 is 4.74 Å². The molecule has 1 atom stereocenters. The van der Waals surface area contributed by atoms with Gasteiger partial charge in [-0.25, -0.2) is 8.42 Å². The average Bonchev–Trinajstić information content (AvgIpc) is 2.69. The standard InChI is InChI=1S/C11H12O3S/c1-15(12,13)11-7-3-2-5-9(11)10-6-4-8-14-10/h2-7,10H,8H2,1H3. The Labute approximate surface area is 89.3 Å². The number of ether oxygens (including phenoxy) is 1. The van der Waals surface area contributed by atoms with Gasteiger partial charge in [-0.15, -0.1) is 0 Å². The van der Waals surface area contributed by atoms with E-state index in [0.29, 0.717) is 17.1 Å². The Balaban J connectivity index is 2.51. The summed E-state index contributed by atoms with van der Waals surface area (Å²) in [5.41, 5.74) is 0.716. The maximum Gasteiger partial charge on any atom is 0.175 e. The summed E-state index contributed by atoms with van der Waals surface area (Å²) in [6.07, 6.45) is 4.76. The predicted molar refractivity (Wildman–Crippen MR) is 57.4 cm³/mol. The second-order valence-corrected chi connectivity index (χ2v) is 5.48. The zero-order valence-corrected chi connectivity index (χ0v) is 9.20. The fourth-order valence-corrected chi connectivity index (χ4v) is 2.58. The van der Waals surface area contributed by atoms with E-state index < -0.39 is 9.84 Å². The molecule has 1 aliphatic rings. The molecule has 0 N–H and O–H groups in total. The third kappa shape index (κ3) is 2.11. The van der Waals surface area contributed by atoms with E-state index in [9.17, 15) is 8.42 Å². The van der Waals surface area contributed by atoms with E-state index in [1.165, 1.54) is 6.26 Å². The molecule has 0 bridgehead atoms. The van der Waals surface area contributed by atoms with Crippen LogP contribution in [0.1, 0.15) is 11.7 Å². The summed E-state index contributed by atoms with van der Waals surface area (Å²) in [5.74, 6) is 0. The van der Waals surface area contributed by atoms with E-state index in [1.807, 2.05) is 18.2 Å². The van der Waals surface area contributed by atoms with Crippen molar-refractivity contribution < 1.29 is 13.2 Å². The van der Waals surface area contributed by atoms with Crippen LogP contribution in [-0.2, 0) is 14.6 Å². The molecule has 0 spiro atoms. The topological polar surface area (TPSA) is 43.4 Å². The van der Waals surface area contributed by atoms with E-state index in [-0.39, 0.29) is 6.10 Å². The van der Waals surface area contributed by atoms with Gasteiger partial charge in [0.2, 0.25) is 0 Å². The first-order valence-electron chi connectivity index (χ1n) is 4.66. The molecule has 0 radical (unpaired) electrons. The van der Waals surface area contributed by atoms with Gasteiger partial charge in [0.25, 0.3) is 0 Å². The highest BCUT2D eigenvalue weighted by Crippen LogP contribution is 2.28. The van der Waals surface area contributed by atoms with Crippen molar-refractivity contribution in [1.82, 2.24) is 0 Å². The largest absolute Gasteiger partial charge is 0.365 e. The third-order valence-corrected chi connectivity index (χ3v) is 3.48. The molecule has 3 nitrogen and oxygen atoms in total. The molecule has 1 unspecified atom stereocenters. The van der Waals surface area contributed by atoms with Crippen LogP contribution >= 0.6 is 0 Å². The van der Waals surface area contributed by atoms with Crippen molar-refractivity contribution in [2.24, 2.45) is 0 Å². The van der Waals surface area contributed by atoms with E-state index in [4.69, 9.17) is 4.74 Å². The van der Waals surface area contributed by atoms with Crippen LogP contribution in [0.4, 0.5) is 0 Å². The Bertz CT molecular complexity index is 488. The second-order valence-electron chi connectivity index (χ2n) is 3.49. The van der Waals surface area contributed by atoms with Crippen molar-refractivity contribution in [1.29, 1.82) is 0 Å². The molecule has 2 rings (SSSR count). The summed E-state index contributed by atoms with van der Waals surface area (Å²) < 4.78 is 28.5. The lowest BCUT2D eigenvalue weighted by Gasteiger charge is -2.12. The normalized spacial score (nSPS) is 20.7. The number of hydrogen-bond acceptors (Lipinski definition) is 3. The van der Waals surface area contributed by atoms with Crippen molar-refractivity contribution in [3.63, 3.8) is 0 Å². The molecule has 0 amide bonds. The summed E-state index contributed by atoms with van der Waals surface area (Å²) in [5, 5.41) is 0. The summed E-state index contributed by atoms with van der Waals surface area (Å²) in [6, 6.07) is 6.94. The molecule has 15 heavy (non-hydrogen) atoms. The fourth-order valence-electron chi connectivity index (χ4n) is 1.64. The van der Waals surface area contributed by atoms with Gasteiger partial charge in [-0.2, -0.15) is 0 Å². The van der Waals surface area contributed by atoms with Crippen LogP contribution in [0.5, 0.6) is 0 Å². The minimum Gasteiger partial charge on any atom is -0.365 e. The Morgan fingerprint density at radius 3 is 2.67 bits per heavy atom. The lowest BCUT2D eigenvalue weighted by molar-refractivity contribution is 0.127. The minimum atomic E-state index is -3.18. The smallest absolute Gasteiger partial charge is 0.175 e. The Morgan fingerprint density at radius 2 is 2.07 bits per heavy atom. The Hall–Kier alpha value is -1.13. The van der Waals surface area contributed by atoms with Crippen LogP contribution in [0.25, 0.3) is 0 Å². The van der Waals surface area contributed by atoms with Crippen molar-refractivity contribution in [2.45, 2.75) is 11.0 Å². The first-order chi connectivity index (χ1) is 7.09. The molecular formula is C11H12O3S. The lowest BCUT2D eigenvalue weighted by Crippen LogP contribution is -2.06. The van der Waals surface area contributed by atoms with Gasteiger partial charge in [0.1, 0.15) is 6.10 Å². The van der Waals surface area contributed by atoms with Crippen LogP contribution in [0.2, 0.25) is 0 Å². The monoisotopic (exact) mass is 224 g/mol. The molecule has 1 aromatic carbocycles. The fraction of sp³-hybridized carbons (Fsp3) is 0.273. The van der Waals surface area contributed by atoms with Crippen molar-refractivity contribution in [3.05, 3.63) is 42.0 Å². The highest BCUT2D eigenvalue weighted by molar-refractivity contribution is 7.90. The molecule has 0 aliphatic carbocycles. The number of sulfone groups is 1. The maximum atomic E-state index is 11.5. The Morgan fingerprint density at radius 1 is 1.33 bits per heavy atom. The first kappa shape index (κ1) is 10.4. The van der Waals surface area contributed by atoms with Crippen LogP contribution in [0, 0.1) is 0 Å². The van der Waals surface area contributed by atoms with E-state index in [1.54, 1.807) is 18.2 Å². The quantitative estimate of drug-likeness (QED) is 0.718. The molecule has 1 aliphatic heterocycles. The molecule has 1 aromatic rings. The van der Waals surface area contributed by atoms with Gasteiger partial charge in [-0.1, -0.05) is 30.4 Å². The first-order valence-corrected chi connectivity index (χ1v) is 6.55. The summed E-state index contributed by atoms with van der Waals surface area (Å²) in [7, 11) is -3.18. The lowest BCUT2D eigenvalue weighted by atomic mass is 10.1. The van der Waals surface area contributed by atoms with Crippen LogP contribution in [-0.4, -0.2) is 21.3 Å². The van der Waals surface area contributed by atoms with Crippen LogP contribution in [0.15, 0.2) is 41.3 Å². The molecule has 0 saturated heterocycles. The highest BCUT2D eigenvalue weighted by Gasteiger charge is 2.20. The summed E-state index contributed by atoms with van der Waals surface area (Å²) in [4.78, 5) is 0.349. The van der Waals surface area contributed by atoms with Gasteiger partial charge in [-0.05, 0) is 6.07 Å². The number of hydrogen-bond donors (Lipinski definition) is 0. The van der Waals surface area contributed by atoms with E-state index in [2.05, 4.69) is 0 Å². The van der Waals surface area contributed by atoms with Gasteiger partial charge in [0.05, 0.1) is 11.5 Å². The zero-order chi connectivity index (χ0) is 10.9. The van der Waals surface area contributed by atoms with Gasteiger partial charge in [-0.3, -0.25) is 0 Å². The third-order valence-electron chi connectivity index (χ3n) is 2.31. The van der Waals surface area contributed by atoms with E-state index >= 15 is 0 Å². The predicted octanol–water partition coefficient (Wildman–Crippen LogP) is 1.72. The van der Waals surface area contributed by atoms with E-state index in [0.717, 1.165) is 0 Å². The number of rotatable bonds is 2. The van der Waals surface area contributed by atoms with Crippen LogP contribution in [0.3, 0.4) is 0 Å². The molecule has 1 heterocycles. The molecule has 0 saturated carbocycles. The second kappa shape index (κ2) is 3.79. The van der Waals surface area contributed by atoms with Crippen molar-refractivity contribution in [3.8, 4) is 0 Å². The SMILES string of the molecule is CS(=O)(=O)c1ccccc1C1C=CCO1. The molecule has 0 fully saturated rings. The Kier molecular flexibility index (Phi) is 2.63. The van der Waals surface area contributed by atoms with Crippen molar-refractivity contribution in [2.75, 3.05) is 12.9 Å². The van der Waals surface area contributed by atoms with Gasteiger partial charge in [0.15, 0.2) is 9.84 Å². The molecular weight excluding hydrogens is 212 g/mol. The van der Waals surface area contributed by atoms with Gasteiger partial charge in [0, 0.05) is 11.8 Å². The maximum absolute atomic E-state index is 11.5. The molecule has 4 heteroatoms. The van der Waals surface area contributed by atoms with Gasteiger partial charge >= 0.3 is 0 Å². The summed E-state index contributed by atoms with van der Waals surface area (Å²) in [6.45, 7) is 0.544. The summed E-state index contributed by atoms with van der Waals surface area (Å²) >= 11 is 0. The minimum absolute atomic E-state index is 0.226. The average molecular weight is 224 g/mol.